The Labute approximate surface area is 241 Å². The molecule has 6 nitrogen and oxygen atoms in total. The molecule has 2 heterocycles. The highest BCUT2D eigenvalue weighted by Crippen LogP contribution is 2.42. The molecule has 0 N–H and O–H groups in total. The van der Waals surface area contributed by atoms with Crippen LogP contribution in [0.25, 0.3) is 5.57 Å². The lowest BCUT2D eigenvalue weighted by Gasteiger charge is -2.27. The molecule has 2 aliphatic heterocycles. The Morgan fingerprint density at radius 3 is 2.40 bits per heavy atom. The van der Waals surface area contributed by atoms with Gasteiger partial charge >= 0.3 is 0 Å². The minimum Gasteiger partial charge on any atom is -0.497 e. The summed E-state index contributed by atoms with van der Waals surface area (Å²) < 4.78 is 5.33. The highest BCUT2D eigenvalue weighted by molar-refractivity contribution is 6.37. The van der Waals surface area contributed by atoms with E-state index in [1.807, 2.05) is 60.7 Å². The van der Waals surface area contributed by atoms with E-state index in [4.69, 9.17) is 33.0 Å². The third-order valence-corrected chi connectivity index (χ3v) is 7.76. The SMILES string of the molecule is COc1ccc(C2CC(C3=C(c4ccccc4)C4C=C(Cl)C=CC4=NC3=O)=NN2C(=O)c2ccccc2Cl)cc1. The van der Waals surface area contributed by atoms with E-state index in [1.54, 1.807) is 43.5 Å². The summed E-state index contributed by atoms with van der Waals surface area (Å²) in [6, 6.07) is 23.5. The van der Waals surface area contributed by atoms with Crippen LogP contribution in [0, 0.1) is 5.92 Å². The Morgan fingerprint density at radius 1 is 0.950 bits per heavy atom. The van der Waals surface area contributed by atoms with E-state index in [1.165, 1.54) is 5.01 Å². The largest absolute Gasteiger partial charge is 0.497 e. The molecule has 0 fully saturated rings. The van der Waals surface area contributed by atoms with Crippen LogP contribution in [0.4, 0.5) is 0 Å². The van der Waals surface area contributed by atoms with Gasteiger partial charge in [-0.2, -0.15) is 5.10 Å². The first kappa shape index (κ1) is 26.0. The van der Waals surface area contributed by atoms with Gasteiger partial charge in [0, 0.05) is 17.4 Å². The molecule has 0 saturated carbocycles. The Hall–Kier alpha value is -4.26. The Morgan fingerprint density at radius 2 is 1.68 bits per heavy atom. The summed E-state index contributed by atoms with van der Waals surface area (Å²) in [5, 5.41) is 7.11. The third-order valence-electron chi connectivity index (χ3n) is 7.18. The summed E-state index contributed by atoms with van der Waals surface area (Å²) in [5.41, 5.74) is 4.27. The number of methoxy groups -OCH3 is 1. The summed E-state index contributed by atoms with van der Waals surface area (Å²) in [7, 11) is 1.60. The second-order valence-electron chi connectivity index (χ2n) is 9.53. The quantitative estimate of drug-likeness (QED) is 0.332. The number of aliphatic imine (C=N–C) groups is 1. The molecule has 3 aromatic carbocycles. The maximum atomic E-state index is 13.9. The van der Waals surface area contributed by atoms with E-state index in [9.17, 15) is 9.59 Å². The Kier molecular flexibility index (Phi) is 6.96. The van der Waals surface area contributed by atoms with Crippen LogP contribution >= 0.6 is 23.2 Å². The fraction of sp³-hybridized carbons (Fsp3) is 0.125. The molecule has 0 bridgehead atoms. The number of carbonyl (C=O) groups excluding carboxylic acids is 2. The number of hydrazone groups is 1. The first-order chi connectivity index (χ1) is 19.4. The van der Waals surface area contributed by atoms with Gasteiger partial charge in [-0.1, -0.05) is 83.9 Å². The van der Waals surface area contributed by atoms with Crippen molar-refractivity contribution in [2.75, 3.05) is 7.11 Å². The lowest BCUT2D eigenvalue weighted by molar-refractivity contribution is -0.113. The van der Waals surface area contributed by atoms with Crippen LogP contribution in [0.1, 0.15) is 33.9 Å². The number of ether oxygens (including phenoxy) is 1. The van der Waals surface area contributed by atoms with Crippen molar-refractivity contribution in [2.24, 2.45) is 16.0 Å². The number of allylic oxidation sites excluding steroid dienone is 5. The van der Waals surface area contributed by atoms with Crippen molar-refractivity contribution in [3.63, 3.8) is 0 Å². The van der Waals surface area contributed by atoms with E-state index in [-0.39, 0.29) is 11.8 Å². The van der Waals surface area contributed by atoms with Crippen molar-refractivity contribution in [1.29, 1.82) is 0 Å². The van der Waals surface area contributed by atoms with Gasteiger partial charge in [-0.3, -0.25) is 9.59 Å². The molecule has 0 radical (unpaired) electrons. The van der Waals surface area contributed by atoms with Crippen LogP contribution in [0.5, 0.6) is 5.75 Å². The molecule has 2 unspecified atom stereocenters. The predicted molar refractivity (Wildman–Crippen MR) is 158 cm³/mol. The van der Waals surface area contributed by atoms with Gasteiger partial charge in [0.05, 0.1) is 40.7 Å². The maximum Gasteiger partial charge on any atom is 0.279 e. The zero-order chi connectivity index (χ0) is 27.8. The number of amides is 2. The molecular formula is C32H23Cl2N3O3. The summed E-state index contributed by atoms with van der Waals surface area (Å²) >= 11 is 12.8. The van der Waals surface area contributed by atoms with E-state index >= 15 is 0 Å². The first-order valence-electron chi connectivity index (χ1n) is 12.7. The van der Waals surface area contributed by atoms with Gasteiger partial charge in [-0.05, 0) is 53.1 Å². The summed E-state index contributed by atoms with van der Waals surface area (Å²) in [5.74, 6) is -0.401. The molecule has 0 spiro atoms. The molecule has 3 aromatic rings. The Balaban J connectivity index is 1.51. The third kappa shape index (κ3) is 4.70. The number of hydrogen-bond acceptors (Lipinski definition) is 4. The van der Waals surface area contributed by atoms with Gasteiger partial charge in [-0.25, -0.2) is 10.0 Å². The normalized spacial score (nSPS) is 20.1. The lowest BCUT2D eigenvalue weighted by Crippen LogP contribution is -2.27. The second-order valence-corrected chi connectivity index (χ2v) is 10.4. The molecular weight excluding hydrogens is 545 g/mol. The summed E-state index contributed by atoms with van der Waals surface area (Å²) in [6.07, 6.45) is 5.70. The zero-order valence-electron chi connectivity index (χ0n) is 21.4. The van der Waals surface area contributed by atoms with Gasteiger partial charge in [0.1, 0.15) is 5.75 Å². The first-order valence-corrected chi connectivity index (χ1v) is 13.5. The number of carbonyl (C=O) groups is 2. The molecule has 0 aromatic heterocycles. The molecule has 198 valence electrons. The number of fused-ring (bicyclic) bond motifs is 1. The number of rotatable bonds is 5. The molecule has 2 amide bonds. The van der Waals surface area contributed by atoms with Crippen molar-refractivity contribution >= 4 is 52.0 Å². The van der Waals surface area contributed by atoms with Crippen LogP contribution in [0.15, 0.2) is 118 Å². The summed E-state index contributed by atoms with van der Waals surface area (Å²) in [4.78, 5) is 31.9. The van der Waals surface area contributed by atoms with Gasteiger partial charge in [0.25, 0.3) is 11.8 Å². The zero-order valence-corrected chi connectivity index (χ0v) is 22.9. The summed E-state index contributed by atoms with van der Waals surface area (Å²) in [6.45, 7) is 0. The van der Waals surface area contributed by atoms with Crippen molar-refractivity contribution in [3.05, 3.63) is 129 Å². The van der Waals surface area contributed by atoms with E-state index in [0.29, 0.717) is 44.8 Å². The fourth-order valence-electron chi connectivity index (χ4n) is 5.26. The average Bonchev–Trinajstić information content (AvgIpc) is 3.42. The van der Waals surface area contributed by atoms with Crippen molar-refractivity contribution in [3.8, 4) is 5.75 Å². The number of benzene rings is 3. The molecule has 0 saturated heterocycles. The van der Waals surface area contributed by atoms with Gasteiger partial charge in [-0.15, -0.1) is 0 Å². The molecule has 3 aliphatic rings. The smallest absolute Gasteiger partial charge is 0.279 e. The van der Waals surface area contributed by atoms with Crippen LogP contribution < -0.4 is 4.74 Å². The molecule has 40 heavy (non-hydrogen) atoms. The number of hydrogen-bond donors (Lipinski definition) is 0. The molecule has 8 heteroatoms. The maximum absolute atomic E-state index is 13.9. The molecule has 2 atom stereocenters. The van der Waals surface area contributed by atoms with E-state index < -0.39 is 11.9 Å². The van der Waals surface area contributed by atoms with Gasteiger partial charge in [0.15, 0.2) is 0 Å². The minimum absolute atomic E-state index is 0.310. The van der Waals surface area contributed by atoms with Crippen molar-refractivity contribution in [1.82, 2.24) is 5.01 Å². The van der Waals surface area contributed by atoms with Gasteiger partial charge < -0.3 is 4.74 Å². The van der Waals surface area contributed by atoms with Crippen molar-refractivity contribution in [2.45, 2.75) is 12.5 Å². The van der Waals surface area contributed by atoms with Gasteiger partial charge in [0.2, 0.25) is 0 Å². The molecule has 1 aliphatic carbocycles. The fourth-order valence-corrected chi connectivity index (χ4v) is 5.67. The van der Waals surface area contributed by atoms with Crippen molar-refractivity contribution < 1.29 is 14.3 Å². The standard InChI is InChI=1S/C32H23Cl2N3O3/c1-40-22-14-11-19(12-15-22)28-18-27(36-37(28)32(39)23-9-5-6-10-25(23)34)30-29(20-7-3-2-4-8-20)24-17-21(33)13-16-26(24)35-31(30)38/h2-17,24,28H,18H2,1H3. The van der Waals surface area contributed by atoms with E-state index in [2.05, 4.69) is 4.99 Å². The Bertz CT molecular complexity index is 1670. The van der Waals surface area contributed by atoms with E-state index in [0.717, 1.165) is 16.7 Å². The monoisotopic (exact) mass is 567 g/mol. The van der Waals surface area contributed by atoms with Crippen LogP contribution in [0.3, 0.4) is 0 Å². The number of nitrogens with zero attached hydrogens (tertiary/aromatic N) is 3. The lowest BCUT2D eigenvalue weighted by atomic mass is 9.79. The van der Waals surface area contributed by atoms with Crippen LogP contribution in [-0.4, -0.2) is 35.4 Å². The highest BCUT2D eigenvalue weighted by Gasteiger charge is 2.40. The second kappa shape index (κ2) is 10.7. The highest BCUT2D eigenvalue weighted by atomic mass is 35.5. The van der Waals surface area contributed by atoms with Crippen LogP contribution in [0.2, 0.25) is 5.02 Å². The minimum atomic E-state index is -0.474. The number of dihydropyridines is 1. The number of halogens is 2. The predicted octanol–water partition coefficient (Wildman–Crippen LogP) is 7.04. The average molecular weight is 568 g/mol. The molecule has 6 rings (SSSR count). The van der Waals surface area contributed by atoms with Crippen LogP contribution in [-0.2, 0) is 4.79 Å². The topological polar surface area (TPSA) is 71.3 Å².